The van der Waals surface area contributed by atoms with Gasteiger partial charge in [0.15, 0.2) is 0 Å². The zero-order valence-electron chi connectivity index (χ0n) is 18.8. The molecule has 0 radical (unpaired) electrons. The molecule has 1 aromatic carbocycles. The van der Waals surface area contributed by atoms with Gasteiger partial charge in [-0.05, 0) is 49.4 Å². The number of allylic oxidation sites excluding steroid dienone is 1. The molecule has 2 heterocycles. The molecule has 6 nitrogen and oxygen atoms in total. The smallest absolute Gasteiger partial charge is 0.231 e. The maximum atomic E-state index is 14.3. The number of carbonyl (C=O) groups is 1. The van der Waals surface area contributed by atoms with E-state index in [4.69, 9.17) is 17.0 Å². The molecule has 0 saturated carbocycles. The number of carbonyl (C=O) groups excluding carboxylic acids is 1. The van der Waals surface area contributed by atoms with E-state index >= 15 is 0 Å². The fraction of sp³-hybridized carbons (Fsp3) is 0.583. The zero-order chi connectivity index (χ0) is 22.8. The lowest BCUT2D eigenvalue weighted by Crippen LogP contribution is -2.53. The van der Waals surface area contributed by atoms with E-state index in [1.807, 2.05) is 41.0 Å². The van der Waals surface area contributed by atoms with Crippen LogP contribution in [0.1, 0.15) is 37.7 Å². The Hall–Kier alpha value is -2.12. The Morgan fingerprint density at radius 2 is 1.88 bits per heavy atom. The van der Waals surface area contributed by atoms with E-state index in [9.17, 15) is 9.18 Å². The van der Waals surface area contributed by atoms with Gasteiger partial charge < -0.3 is 20.4 Å². The van der Waals surface area contributed by atoms with Gasteiger partial charge in [-0.2, -0.15) is 0 Å². The number of piperazine rings is 1. The van der Waals surface area contributed by atoms with Gasteiger partial charge in [0.25, 0.3) is 0 Å². The Balaban J connectivity index is 1.45. The van der Waals surface area contributed by atoms with E-state index in [0.717, 1.165) is 30.5 Å². The number of alkyl halides is 1. The topological polar surface area (TPSA) is 71.5 Å². The van der Waals surface area contributed by atoms with Gasteiger partial charge in [-0.15, -0.1) is 0 Å². The number of amidine groups is 1. The van der Waals surface area contributed by atoms with Crippen LogP contribution < -0.4 is 10.6 Å². The Morgan fingerprint density at radius 1 is 1.22 bits per heavy atom. The van der Waals surface area contributed by atoms with Crippen LogP contribution in [0.25, 0.3) is 0 Å². The molecule has 1 aromatic rings. The number of nitrogens with one attached hydrogen (secondary N) is 3. The molecule has 2 saturated heterocycles. The van der Waals surface area contributed by atoms with Crippen molar-refractivity contribution < 1.29 is 9.18 Å². The van der Waals surface area contributed by atoms with Gasteiger partial charge in [0.1, 0.15) is 12.0 Å². The van der Waals surface area contributed by atoms with Gasteiger partial charge in [0, 0.05) is 49.9 Å². The average molecular weight is 462 g/mol. The lowest BCUT2D eigenvalue weighted by molar-refractivity contribution is -0.134. The summed E-state index contributed by atoms with van der Waals surface area (Å²) in [7, 11) is 1.72. The summed E-state index contributed by atoms with van der Waals surface area (Å²) in [6.07, 6.45) is 1.44. The summed E-state index contributed by atoms with van der Waals surface area (Å²) in [5.41, 5.74) is 2.30. The van der Waals surface area contributed by atoms with Crippen LogP contribution in [-0.4, -0.2) is 73.5 Å². The van der Waals surface area contributed by atoms with Gasteiger partial charge in [-0.3, -0.25) is 10.2 Å². The van der Waals surface area contributed by atoms with Crippen molar-refractivity contribution in [2.45, 2.75) is 44.3 Å². The van der Waals surface area contributed by atoms with Crippen molar-refractivity contribution in [1.82, 2.24) is 20.4 Å². The molecule has 0 unspecified atom stereocenters. The summed E-state index contributed by atoms with van der Waals surface area (Å²) in [4.78, 5) is 17.5. The molecule has 2 fully saturated rings. The minimum atomic E-state index is -1.03. The number of hydrogen-bond donors (Lipinski definition) is 3. The molecule has 174 valence electrons. The molecule has 4 atom stereocenters. The quantitative estimate of drug-likeness (QED) is 0.465. The number of hydrogen-bond acceptors (Lipinski definition) is 4. The summed E-state index contributed by atoms with van der Waals surface area (Å²) in [6, 6.07) is 7.73. The molecule has 32 heavy (non-hydrogen) atoms. The van der Waals surface area contributed by atoms with Crippen molar-refractivity contribution in [3.8, 4) is 0 Å². The van der Waals surface area contributed by atoms with Gasteiger partial charge in [0.05, 0.1) is 11.6 Å². The molecule has 4 rings (SSSR count). The third-order valence-corrected chi connectivity index (χ3v) is 7.34. The standard InChI is InChI=1S/C24H33ClFN5O/c1-15-14-18(26)22(28-2)20(15)23(27)30-10-12-31(13-11-30)24(32)21(19-4-3-9-29-19)16-5-7-17(25)8-6-16/h5-8,15,18-19,21,27-29H,3-4,9-14H2,1-2H3/t15-,18+,19+,21+/m1/s1. The maximum absolute atomic E-state index is 14.3. The third kappa shape index (κ3) is 4.50. The number of rotatable bonds is 5. The molecule has 1 aliphatic carbocycles. The molecular weight excluding hydrogens is 429 g/mol. The predicted molar refractivity (Wildman–Crippen MR) is 126 cm³/mol. The molecule has 0 spiro atoms. The van der Waals surface area contributed by atoms with Crippen LogP contribution in [0.4, 0.5) is 4.39 Å². The number of nitrogens with zero attached hydrogens (tertiary/aromatic N) is 2. The predicted octanol–water partition coefficient (Wildman–Crippen LogP) is 3.15. The third-order valence-electron chi connectivity index (χ3n) is 7.08. The van der Waals surface area contributed by atoms with Crippen LogP contribution in [0.15, 0.2) is 35.5 Å². The second-order valence-electron chi connectivity index (χ2n) is 9.07. The Bertz CT molecular complexity index is 875. The highest BCUT2D eigenvalue weighted by Gasteiger charge is 2.38. The van der Waals surface area contributed by atoms with E-state index < -0.39 is 6.17 Å². The summed E-state index contributed by atoms with van der Waals surface area (Å²) in [5.74, 6) is 0.302. The van der Waals surface area contributed by atoms with E-state index in [1.165, 1.54) is 0 Å². The van der Waals surface area contributed by atoms with Crippen molar-refractivity contribution >= 4 is 23.3 Å². The van der Waals surface area contributed by atoms with Crippen molar-refractivity contribution in [3.63, 3.8) is 0 Å². The highest BCUT2D eigenvalue weighted by Crippen LogP contribution is 2.34. The SMILES string of the molecule is CNC1=C(C(=N)N2CCN(C(=O)[C@@H](c3ccc(Cl)cc3)[C@@H]3CCCN3)CC2)[C@H](C)C[C@@H]1F. The van der Waals surface area contributed by atoms with Crippen LogP contribution >= 0.6 is 11.6 Å². The lowest BCUT2D eigenvalue weighted by atomic mass is 9.89. The zero-order valence-corrected chi connectivity index (χ0v) is 19.6. The van der Waals surface area contributed by atoms with Gasteiger partial charge >= 0.3 is 0 Å². The summed E-state index contributed by atoms with van der Waals surface area (Å²) in [5, 5.41) is 15.8. The monoisotopic (exact) mass is 461 g/mol. The molecular formula is C24H33ClFN5O. The average Bonchev–Trinajstić information content (AvgIpc) is 3.42. The van der Waals surface area contributed by atoms with Crippen LogP contribution in [0.2, 0.25) is 5.02 Å². The molecule has 3 N–H and O–H groups in total. The molecule has 8 heteroatoms. The summed E-state index contributed by atoms with van der Waals surface area (Å²) >= 11 is 6.08. The van der Waals surface area contributed by atoms with Crippen molar-refractivity contribution in [3.05, 3.63) is 46.1 Å². The molecule has 1 amide bonds. The van der Waals surface area contributed by atoms with E-state index in [2.05, 4.69) is 10.6 Å². The Morgan fingerprint density at radius 3 is 2.47 bits per heavy atom. The highest BCUT2D eigenvalue weighted by molar-refractivity contribution is 6.30. The summed E-state index contributed by atoms with van der Waals surface area (Å²) in [6.45, 7) is 5.21. The second-order valence-corrected chi connectivity index (χ2v) is 9.51. The number of halogens is 2. The van der Waals surface area contributed by atoms with Gasteiger partial charge in [-0.1, -0.05) is 30.7 Å². The molecule has 0 bridgehead atoms. The fourth-order valence-electron chi connectivity index (χ4n) is 5.36. The largest absolute Gasteiger partial charge is 0.389 e. The molecule has 3 aliphatic rings. The van der Waals surface area contributed by atoms with Crippen LogP contribution in [0.5, 0.6) is 0 Å². The first-order chi connectivity index (χ1) is 15.4. The van der Waals surface area contributed by atoms with Crippen molar-refractivity contribution in [1.29, 1.82) is 5.41 Å². The fourth-order valence-corrected chi connectivity index (χ4v) is 5.49. The van der Waals surface area contributed by atoms with Crippen LogP contribution in [0.3, 0.4) is 0 Å². The first kappa shape index (κ1) is 23.1. The minimum Gasteiger partial charge on any atom is -0.389 e. The van der Waals surface area contributed by atoms with E-state index in [1.54, 1.807) is 7.05 Å². The van der Waals surface area contributed by atoms with Crippen LogP contribution in [0, 0.1) is 11.3 Å². The second kappa shape index (κ2) is 9.79. The van der Waals surface area contributed by atoms with Gasteiger partial charge in [-0.25, -0.2) is 4.39 Å². The van der Waals surface area contributed by atoms with Crippen molar-refractivity contribution in [2.75, 3.05) is 39.8 Å². The first-order valence-electron chi connectivity index (χ1n) is 11.6. The highest BCUT2D eigenvalue weighted by atomic mass is 35.5. The summed E-state index contributed by atoms with van der Waals surface area (Å²) < 4.78 is 14.3. The Kier molecular flexibility index (Phi) is 7.05. The molecule has 0 aromatic heterocycles. The minimum absolute atomic E-state index is 0.0161. The van der Waals surface area contributed by atoms with Gasteiger partial charge in [0.2, 0.25) is 5.91 Å². The lowest BCUT2D eigenvalue weighted by Gasteiger charge is -2.39. The normalized spacial score (nSPS) is 27.1. The Labute approximate surface area is 194 Å². The van der Waals surface area contributed by atoms with Crippen molar-refractivity contribution in [2.24, 2.45) is 5.92 Å². The number of amides is 1. The first-order valence-corrected chi connectivity index (χ1v) is 12.0. The van der Waals surface area contributed by atoms with E-state index in [0.29, 0.717) is 49.2 Å². The maximum Gasteiger partial charge on any atom is 0.231 e. The van der Waals surface area contributed by atoms with Crippen LogP contribution in [-0.2, 0) is 4.79 Å². The molecule has 2 aliphatic heterocycles. The number of benzene rings is 1. The van der Waals surface area contributed by atoms with E-state index in [-0.39, 0.29) is 23.8 Å².